The van der Waals surface area contributed by atoms with E-state index in [-0.39, 0.29) is 49.4 Å². The average Bonchev–Trinajstić information content (AvgIpc) is 3.42. The van der Waals surface area contributed by atoms with Gasteiger partial charge in [-0.15, -0.1) is 0 Å². The van der Waals surface area contributed by atoms with Crippen LogP contribution in [0.3, 0.4) is 0 Å². The van der Waals surface area contributed by atoms with Gasteiger partial charge in [-0.2, -0.15) is 4.31 Å². The third kappa shape index (κ3) is 10.8. The zero-order valence-corrected chi connectivity index (χ0v) is 32.5. The number of amides is 3. The minimum Gasteiger partial charge on any atom is -0.411 e. The van der Waals surface area contributed by atoms with Crippen LogP contribution in [0.2, 0.25) is 0 Å². The molecule has 0 bridgehead atoms. The van der Waals surface area contributed by atoms with Crippen LogP contribution in [0.15, 0.2) is 82.8 Å². The van der Waals surface area contributed by atoms with Crippen molar-refractivity contribution in [2.24, 2.45) is 16.5 Å². The fraction of sp³-hybridized carbons (Fsp3) is 0.487. The molecule has 2 aromatic carbocycles. The number of oxime groups is 1. The van der Waals surface area contributed by atoms with E-state index in [1.807, 2.05) is 65.0 Å². The molecule has 1 saturated heterocycles. The summed E-state index contributed by atoms with van der Waals surface area (Å²) in [4.78, 5) is 36.0. The topological polar surface area (TPSA) is 176 Å². The first-order chi connectivity index (χ1) is 24.8. The van der Waals surface area contributed by atoms with Gasteiger partial charge in [0.2, 0.25) is 15.9 Å². The van der Waals surface area contributed by atoms with Gasteiger partial charge < -0.3 is 30.5 Å². The van der Waals surface area contributed by atoms with Crippen molar-refractivity contribution in [3.8, 4) is 0 Å². The molecule has 0 aliphatic carbocycles. The Morgan fingerprint density at radius 2 is 1.64 bits per heavy atom. The number of pyridine rings is 1. The average molecular weight is 751 g/mol. The number of rotatable bonds is 16. The number of sulfonamides is 1. The molecule has 0 saturated carbocycles. The highest BCUT2D eigenvalue weighted by Crippen LogP contribution is 2.29. The zero-order chi connectivity index (χ0) is 39.1. The second kappa shape index (κ2) is 17.2. The molecule has 53 heavy (non-hydrogen) atoms. The number of aliphatic hydroxyl groups is 2. The molecule has 3 amide bonds. The lowest BCUT2D eigenvalue weighted by Gasteiger charge is -2.38. The summed E-state index contributed by atoms with van der Waals surface area (Å²) in [6.45, 7) is 13.3. The quantitative estimate of drug-likeness (QED) is 0.0957. The normalized spacial score (nSPS) is 16.1. The summed E-state index contributed by atoms with van der Waals surface area (Å²) in [7, 11) is -4.08. The lowest BCUT2D eigenvalue weighted by molar-refractivity contribution is -0.130. The monoisotopic (exact) mass is 750 g/mol. The molecule has 14 heteroatoms. The van der Waals surface area contributed by atoms with Crippen molar-refractivity contribution in [3.05, 3.63) is 95.3 Å². The largest absolute Gasteiger partial charge is 0.411 e. The number of carbonyl (C=O) groups is 2. The Hall–Kier alpha value is -4.37. The van der Waals surface area contributed by atoms with Gasteiger partial charge in [-0.3, -0.25) is 9.78 Å². The van der Waals surface area contributed by atoms with Gasteiger partial charge in [0.05, 0.1) is 41.2 Å². The molecule has 3 atom stereocenters. The van der Waals surface area contributed by atoms with E-state index in [2.05, 4.69) is 15.5 Å². The van der Waals surface area contributed by atoms with Crippen LogP contribution in [0.1, 0.15) is 71.0 Å². The number of nitrogens with zero attached hydrogens (tertiary/aromatic N) is 5. The van der Waals surface area contributed by atoms with Crippen LogP contribution in [-0.2, 0) is 33.4 Å². The van der Waals surface area contributed by atoms with E-state index in [4.69, 9.17) is 5.21 Å². The molecule has 0 unspecified atom stereocenters. The Kier molecular flexibility index (Phi) is 13.4. The summed E-state index contributed by atoms with van der Waals surface area (Å²) in [5, 5.41) is 37.2. The van der Waals surface area contributed by atoms with Gasteiger partial charge in [0.1, 0.15) is 11.6 Å². The zero-order valence-electron chi connectivity index (χ0n) is 31.7. The number of nitrogens with one attached hydrogen (secondary N) is 1. The van der Waals surface area contributed by atoms with Crippen LogP contribution in [-0.4, -0.2) is 105 Å². The van der Waals surface area contributed by atoms with Crippen LogP contribution in [0.5, 0.6) is 0 Å². The predicted molar refractivity (Wildman–Crippen MR) is 203 cm³/mol. The molecular formula is C39H54N6O7S. The Balaban J connectivity index is 1.60. The molecule has 1 aliphatic heterocycles. The van der Waals surface area contributed by atoms with Gasteiger partial charge in [0, 0.05) is 26.2 Å². The van der Waals surface area contributed by atoms with E-state index in [9.17, 15) is 28.2 Å². The smallest absolute Gasteiger partial charge is 0.321 e. The van der Waals surface area contributed by atoms with Gasteiger partial charge in [0.15, 0.2) is 0 Å². The molecule has 1 aliphatic rings. The number of aliphatic hydroxyl groups excluding tert-OH is 1. The second-order valence-corrected chi connectivity index (χ2v) is 17.6. The maximum atomic E-state index is 14.4. The number of hydrogen-bond donors (Lipinski definition) is 4. The Labute approximate surface area is 313 Å². The summed E-state index contributed by atoms with van der Waals surface area (Å²) >= 11 is 0. The van der Waals surface area contributed by atoms with E-state index in [1.165, 1.54) is 34.8 Å². The third-order valence-electron chi connectivity index (χ3n) is 9.07. The molecular weight excluding hydrogens is 697 g/mol. The van der Waals surface area contributed by atoms with Gasteiger partial charge >= 0.3 is 6.03 Å². The molecule has 3 aromatic rings. The molecule has 288 valence electrons. The van der Waals surface area contributed by atoms with Gasteiger partial charge in [-0.25, -0.2) is 13.2 Å². The first-order valence-electron chi connectivity index (χ1n) is 17.9. The first kappa shape index (κ1) is 41.4. The Bertz CT molecular complexity index is 1820. The highest BCUT2D eigenvalue weighted by molar-refractivity contribution is 7.89. The van der Waals surface area contributed by atoms with Crippen LogP contribution >= 0.6 is 0 Å². The molecule has 0 radical (unpaired) electrons. The van der Waals surface area contributed by atoms with Gasteiger partial charge in [-0.1, -0.05) is 88.3 Å². The molecule has 2 heterocycles. The first-order valence-corrected chi connectivity index (χ1v) is 19.3. The molecule has 4 rings (SSSR count). The number of urea groups is 1. The third-order valence-corrected chi connectivity index (χ3v) is 10.9. The van der Waals surface area contributed by atoms with Crippen molar-refractivity contribution in [2.45, 2.75) is 90.1 Å². The number of aromatic nitrogens is 1. The van der Waals surface area contributed by atoms with Crippen molar-refractivity contribution in [1.29, 1.82) is 0 Å². The van der Waals surface area contributed by atoms with Crippen LogP contribution in [0.25, 0.3) is 0 Å². The van der Waals surface area contributed by atoms with E-state index in [1.54, 1.807) is 41.8 Å². The molecule has 4 N–H and O–H groups in total. The SMILES string of the molecule is CC(C)CN(C[C@H](O)[C@H](Cc1ccccc1)NC(=O)[C@@H](N1CCN(Cc2cccc(C(C)(C)O)n2)C1=O)C(C)(C)C)S(=O)(=O)c1ccc(C=NO)cc1. The number of carbonyl (C=O) groups excluding carboxylic acids is 2. The lowest BCUT2D eigenvalue weighted by Crippen LogP contribution is -2.59. The van der Waals surface area contributed by atoms with E-state index in [0.29, 0.717) is 23.5 Å². The summed E-state index contributed by atoms with van der Waals surface area (Å²) in [6, 6.07) is 18.3. The Morgan fingerprint density at radius 3 is 2.23 bits per heavy atom. The molecule has 1 aromatic heterocycles. The maximum Gasteiger partial charge on any atom is 0.321 e. The molecule has 1 fully saturated rings. The van der Waals surface area contributed by atoms with Crippen molar-refractivity contribution in [2.75, 3.05) is 26.2 Å². The lowest BCUT2D eigenvalue weighted by atomic mass is 9.84. The van der Waals surface area contributed by atoms with Crippen molar-refractivity contribution in [1.82, 2.24) is 24.4 Å². The van der Waals surface area contributed by atoms with Gasteiger partial charge in [-0.05, 0) is 67.0 Å². The van der Waals surface area contributed by atoms with E-state index < -0.39 is 45.1 Å². The molecule has 13 nitrogen and oxygen atoms in total. The maximum absolute atomic E-state index is 14.4. The van der Waals surface area contributed by atoms with Crippen molar-refractivity contribution in [3.63, 3.8) is 0 Å². The minimum absolute atomic E-state index is 0.0102. The fourth-order valence-corrected chi connectivity index (χ4v) is 8.08. The number of hydrogen-bond acceptors (Lipinski definition) is 9. The van der Waals surface area contributed by atoms with E-state index in [0.717, 1.165) is 5.56 Å². The van der Waals surface area contributed by atoms with Crippen LogP contribution < -0.4 is 5.32 Å². The summed E-state index contributed by atoms with van der Waals surface area (Å²) in [6.07, 6.45) is 0.0722. The van der Waals surface area contributed by atoms with Gasteiger partial charge in [0.25, 0.3) is 0 Å². The summed E-state index contributed by atoms with van der Waals surface area (Å²) in [5.41, 5.74) is 0.574. The van der Waals surface area contributed by atoms with E-state index >= 15 is 0 Å². The molecule has 0 spiro atoms. The fourth-order valence-electron chi connectivity index (χ4n) is 6.46. The summed E-state index contributed by atoms with van der Waals surface area (Å²) < 4.78 is 29.1. The highest BCUT2D eigenvalue weighted by atomic mass is 32.2. The standard InChI is InChI=1S/C39H54N6O7S/c1-27(2)24-44(53(51,52)31-18-16-29(17-19-31)23-40-50)26-33(46)32(22-28-12-9-8-10-13-28)42-36(47)35(38(3,4)5)45-21-20-43(37(45)48)25-30-14-11-15-34(41-30)39(6,7)49/h8-19,23,27,32-33,35,46,49-50H,20-22,24-26H2,1-7H3,(H,42,47)/t32-,33-,35+/m0/s1. The highest BCUT2D eigenvalue weighted by Gasteiger charge is 2.44. The summed E-state index contributed by atoms with van der Waals surface area (Å²) in [5.74, 6) is -0.545. The van der Waals surface area contributed by atoms with Crippen molar-refractivity contribution >= 4 is 28.2 Å². The predicted octanol–water partition coefficient (Wildman–Crippen LogP) is 4.20. The van der Waals surface area contributed by atoms with Crippen LogP contribution in [0.4, 0.5) is 4.79 Å². The van der Waals surface area contributed by atoms with Crippen molar-refractivity contribution < 1.29 is 33.4 Å². The minimum atomic E-state index is -4.08. The Morgan fingerprint density at radius 1 is 0.981 bits per heavy atom. The number of benzene rings is 2. The van der Waals surface area contributed by atoms with Crippen LogP contribution in [0, 0.1) is 11.3 Å². The second-order valence-electron chi connectivity index (χ2n) is 15.6.